The normalized spacial score (nSPS) is 10.5. The summed E-state index contributed by atoms with van der Waals surface area (Å²) >= 11 is 1.04. The molecule has 0 spiro atoms. The second-order valence-electron chi connectivity index (χ2n) is 5.82. The van der Waals surface area contributed by atoms with Crippen LogP contribution in [0.15, 0.2) is 34.2 Å². The quantitative estimate of drug-likeness (QED) is 0.411. The molecule has 2 amide bonds. The van der Waals surface area contributed by atoms with E-state index in [2.05, 4.69) is 20.6 Å². The number of hydrogen-bond donors (Lipinski definition) is 4. The fourth-order valence-electron chi connectivity index (χ4n) is 2.08. The molecular weight excluding hydrogens is 370 g/mol. The molecule has 1 aromatic heterocycles. The summed E-state index contributed by atoms with van der Waals surface area (Å²) in [6.45, 7) is 3.70. The smallest absolute Gasteiger partial charge is 0.277 e. The number of carbonyl (C=O) groups is 2. The lowest BCUT2D eigenvalue weighted by molar-refractivity contribution is -0.119. The molecule has 9 nitrogen and oxygen atoms in total. The Kier molecular flexibility index (Phi) is 6.83. The van der Waals surface area contributed by atoms with Crippen molar-refractivity contribution >= 4 is 35.1 Å². The minimum atomic E-state index is -0.601. The van der Waals surface area contributed by atoms with Crippen LogP contribution < -0.4 is 26.7 Å². The van der Waals surface area contributed by atoms with Crippen LogP contribution in [0, 0.1) is 0 Å². The average Bonchev–Trinajstić information content (AvgIpc) is 2.62. The standard InChI is InChI=1S/C17H21N5O4S/c1-9(2)19-12(23)8-27-17-21-14(18)13(16(25)22-17)20-15(24)10-4-6-11(26-3)7-5-10/h4-7,9H,8H2,1-3H3,(H,19,23)(H,20,24)(H3,18,21,22,25). The zero-order chi connectivity index (χ0) is 20.0. The number of amides is 2. The molecule has 0 fully saturated rings. The number of nitrogens with zero attached hydrogens (tertiary/aromatic N) is 1. The molecule has 0 saturated carbocycles. The van der Waals surface area contributed by atoms with Gasteiger partial charge in [-0.2, -0.15) is 0 Å². The number of methoxy groups -OCH3 is 1. The van der Waals surface area contributed by atoms with Gasteiger partial charge in [-0.05, 0) is 38.1 Å². The minimum Gasteiger partial charge on any atom is -0.497 e. The van der Waals surface area contributed by atoms with Crippen LogP contribution in [0.5, 0.6) is 5.75 Å². The number of thioether (sulfide) groups is 1. The van der Waals surface area contributed by atoms with Crippen LogP contribution in [-0.4, -0.2) is 40.7 Å². The number of anilines is 2. The van der Waals surface area contributed by atoms with Crippen molar-refractivity contribution in [3.63, 3.8) is 0 Å². The van der Waals surface area contributed by atoms with Crippen molar-refractivity contribution in [3.05, 3.63) is 40.2 Å². The number of nitrogen functional groups attached to an aromatic ring is 1. The molecule has 0 saturated heterocycles. The van der Waals surface area contributed by atoms with Crippen LogP contribution in [-0.2, 0) is 4.79 Å². The number of nitrogens with one attached hydrogen (secondary N) is 3. The second kappa shape index (κ2) is 9.08. The number of aromatic amines is 1. The molecule has 27 heavy (non-hydrogen) atoms. The number of carbonyl (C=O) groups excluding carboxylic acids is 2. The van der Waals surface area contributed by atoms with Crippen molar-refractivity contribution in [2.75, 3.05) is 23.9 Å². The summed E-state index contributed by atoms with van der Waals surface area (Å²) in [4.78, 5) is 42.7. The van der Waals surface area contributed by atoms with E-state index in [1.165, 1.54) is 7.11 Å². The molecule has 5 N–H and O–H groups in total. The summed E-state index contributed by atoms with van der Waals surface area (Å²) in [7, 11) is 1.52. The van der Waals surface area contributed by atoms with Crippen molar-refractivity contribution in [1.29, 1.82) is 0 Å². The fraction of sp³-hybridized carbons (Fsp3) is 0.294. The Bertz CT molecular complexity index is 880. The predicted molar refractivity (Wildman–Crippen MR) is 104 cm³/mol. The molecule has 0 radical (unpaired) electrons. The molecule has 2 rings (SSSR count). The highest BCUT2D eigenvalue weighted by Crippen LogP contribution is 2.18. The van der Waals surface area contributed by atoms with Gasteiger partial charge in [-0.15, -0.1) is 0 Å². The first kappa shape index (κ1) is 20.3. The monoisotopic (exact) mass is 391 g/mol. The fourth-order valence-corrected chi connectivity index (χ4v) is 2.76. The van der Waals surface area contributed by atoms with Crippen LogP contribution in [0.2, 0.25) is 0 Å². The maximum atomic E-state index is 12.3. The van der Waals surface area contributed by atoms with Crippen LogP contribution in [0.25, 0.3) is 0 Å². The number of ether oxygens (including phenoxy) is 1. The zero-order valence-electron chi connectivity index (χ0n) is 15.2. The zero-order valence-corrected chi connectivity index (χ0v) is 16.0. The minimum absolute atomic E-state index is 0.0192. The van der Waals surface area contributed by atoms with Gasteiger partial charge in [0.05, 0.1) is 12.9 Å². The maximum absolute atomic E-state index is 12.3. The Morgan fingerprint density at radius 3 is 2.52 bits per heavy atom. The van der Waals surface area contributed by atoms with Gasteiger partial charge in [-0.3, -0.25) is 19.4 Å². The number of nitrogens with two attached hydrogens (primary N) is 1. The highest BCUT2D eigenvalue weighted by Gasteiger charge is 2.15. The van der Waals surface area contributed by atoms with Crippen LogP contribution in [0.1, 0.15) is 24.2 Å². The van der Waals surface area contributed by atoms with Gasteiger partial charge in [0.25, 0.3) is 11.5 Å². The average molecular weight is 391 g/mol. The van der Waals surface area contributed by atoms with Crippen molar-refractivity contribution in [2.24, 2.45) is 0 Å². The molecular formula is C17H21N5O4S. The third-order valence-electron chi connectivity index (χ3n) is 3.31. The Labute approximate surface area is 160 Å². The molecule has 0 aliphatic carbocycles. The highest BCUT2D eigenvalue weighted by atomic mass is 32.2. The van der Waals surface area contributed by atoms with E-state index in [0.29, 0.717) is 11.3 Å². The number of aromatic nitrogens is 2. The van der Waals surface area contributed by atoms with Crippen LogP contribution in [0.3, 0.4) is 0 Å². The number of rotatable bonds is 7. The van der Waals surface area contributed by atoms with E-state index in [9.17, 15) is 14.4 Å². The van der Waals surface area contributed by atoms with Gasteiger partial charge in [0, 0.05) is 11.6 Å². The summed E-state index contributed by atoms with van der Waals surface area (Å²) in [5.74, 6) is -0.139. The first-order valence-electron chi connectivity index (χ1n) is 8.07. The molecule has 0 atom stereocenters. The molecule has 144 valence electrons. The van der Waals surface area contributed by atoms with Gasteiger partial charge in [-0.1, -0.05) is 11.8 Å². The summed E-state index contributed by atoms with van der Waals surface area (Å²) in [5.41, 5.74) is 5.39. The van der Waals surface area contributed by atoms with Crippen LogP contribution >= 0.6 is 11.8 Å². The van der Waals surface area contributed by atoms with E-state index in [-0.39, 0.29) is 34.4 Å². The highest BCUT2D eigenvalue weighted by molar-refractivity contribution is 7.99. The molecule has 10 heteroatoms. The number of hydrogen-bond acceptors (Lipinski definition) is 7. The lowest BCUT2D eigenvalue weighted by Gasteiger charge is -2.10. The van der Waals surface area contributed by atoms with Crippen LogP contribution in [0.4, 0.5) is 11.5 Å². The Morgan fingerprint density at radius 2 is 1.96 bits per heavy atom. The third kappa shape index (κ3) is 5.74. The second-order valence-corrected chi connectivity index (χ2v) is 6.79. The van der Waals surface area contributed by atoms with Crippen molar-refractivity contribution in [3.8, 4) is 5.75 Å². The molecule has 2 aromatic rings. The Balaban J connectivity index is 2.08. The maximum Gasteiger partial charge on any atom is 0.277 e. The first-order chi connectivity index (χ1) is 12.8. The molecule has 0 aliphatic heterocycles. The van der Waals surface area contributed by atoms with E-state index in [4.69, 9.17) is 10.5 Å². The largest absolute Gasteiger partial charge is 0.497 e. The Morgan fingerprint density at radius 1 is 1.30 bits per heavy atom. The Hall–Kier alpha value is -3.01. The van der Waals surface area contributed by atoms with Gasteiger partial charge in [0.15, 0.2) is 11.0 Å². The number of benzene rings is 1. The molecule has 0 bridgehead atoms. The van der Waals surface area contributed by atoms with Gasteiger partial charge >= 0.3 is 0 Å². The van der Waals surface area contributed by atoms with E-state index in [1.807, 2.05) is 13.8 Å². The molecule has 1 heterocycles. The molecule has 0 unspecified atom stereocenters. The van der Waals surface area contributed by atoms with Crippen molar-refractivity contribution in [1.82, 2.24) is 15.3 Å². The summed E-state index contributed by atoms with van der Waals surface area (Å²) < 4.78 is 5.03. The van der Waals surface area contributed by atoms with E-state index in [0.717, 1.165) is 11.8 Å². The van der Waals surface area contributed by atoms with Gasteiger partial charge in [-0.25, -0.2) is 4.98 Å². The summed E-state index contributed by atoms with van der Waals surface area (Å²) in [6, 6.07) is 6.39. The third-order valence-corrected chi connectivity index (χ3v) is 4.18. The molecule has 1 aromatic carbocycles. The van der Waals surface area contributed by atoms with Crippen molar-refractivity contribution < 1.29 is 14.3 Å². The van der Waals surface area contributed by atoms with E-state index < -0.39 is 11.5 Å². The first-order valence-corrected chi connectivity index (χ1v) is 9.06. The SMILES string of the molecule is COc1ccc(C(=O)Nc2c(N)nc(SCC(=O)NC(C)C)[nH]c2=O)cc1. The van der Waals surface area contributed by atoms with Gasteiger partial charge in [0.2, 0.25) is 5.91 Å². The molecule has 0 aliphatic rings. The summed E-state index contributed by atoms with van der Waals surface area (Å²) in [6.07, 6.45) is 0. The number of H-pyrrole nitrogens is 1. The topological polar surface area (TPSA) is 139 Å². The summed E-state index contributed by atoms with van der Waals surface area (Å²) in [5, 5.41) is 5.37. The lowest BCUT2D eigenvalue weighted by Crippen LogP contribution is -2.31. The van der Waals surface area contributed by atoms with Gasteiger partial charge in [0.1, 0.15) is 11.4 Å². The van der Waals surface area contributed by atoms with E-state index >= 15 is 0 Å². The predicted octanol–water partition coefficient (Wildman–Crippen LogP) is 1.23. The van der Waals surface area contributed by atoms with E-state index in [1.54, 1.807) is 24.3 Å². The van der Waals surface area contributed by atoms with Crippen molar-refractivity contribution in [2.45, 2.75) is 25.0 Å². The van der Waals surface area contributed by atoms with Gasteiger partial charge < -0.3 is 21.1 Å². The lowest BCUT2D eigenvalue weighted by atomic mass is 10.2.